The van der Waals surface area contributed by atoms with Crippen LogP contribution in [0.2, 0.25) is 0 Å². The molecule has 3 N–H and O–H groups in total. The van der Waals surface area contributed by atoms with Crippen molar-refractivity contribution in [3.63, 3.8) is 0 Å². The topological polar surface area (TPSA) is 126 Å². The maximum atomic E-state index is 13.5. The Morgan fingerprint density at radius 3 is 2.55 bits per heavy atom. The third-order valence-electron chi connectivity index (χ3n) is 5.16. The Labute approximate surface area is 180 Å². The summed E-state index contributed by atoms with van der Waals surface area (Å²) < 4.78 is 40.6. The summed E-state index contributed by atoms with van der Waals surface area (Å²) in [6, 6.07) is 11.4. The molecule has 0 saturated heterocycles. The molecule has 0 aliphatic heterocycles. The van der Waals surface area contributed by atoms with Gasteiger partial charge < -0.3 is 10.6 Å². The number of halogens is 1. The third-order valence-corrected chi connectivity index (χ3v) is 6.62. The quantitative estimate of drug-likeness (QED) is 0.177. The van der Waals surface area contributed by atoms with Crippen LogP contribution in [-0.4, -0.2) is 46.0 Å². The SMILES string of the molecule is CN=C(NCCNS(=O)(=O)c1cccc([N+](=O)[O-])c1)NCC1(c2cccc(F)c2)CC1. The van der Waals surface area contributed by atoms with E-state index >= 15 is 0 Å². The minimum Gasteiger partial charge on any atom is -0.356 e. The fourth-order valence-corrected chi connectivity index (χ4v) is 4.30. The Hall–Kier alpha value is -3.05. The predicted molar refractivity (Wildman–Crippen MR) is 115 cm³/mol. The summed E-state index contributed by atoms with van der Waals surface area (Å²) in [6.07, 6.45) is 1.90. The van der Waals surface area contributed by atoms with Crippen LogP contribution >= 0.6 is 0 Å². The molecule has 2 aromatic carbocycles. The molecule has 3 rings (SSSR count). The molecule has 2 aromatic rings. The first-order valence-electron chi connectivity index (χ1n) is 9.70. The molecule has 0 bridgehead atoms. The van der Waals surface area contributed by atoms with Crippen LogP contribution in [0.4, 0.5) is 10.1 Å². The fraction of sp³-hybridized carbons (Fsp3) is 0.350. The second-order valence-corrected chi connectivity index (χ2v) is 9.06. The lowest BCUT2D eigenvalue weighted by molar-refractivity contribution is -0.385. The van der Waals surface area contributed by atoms with Crippen LogP contribution in [0.1, 0.15) is 18.4 Å². The first kappa shape index (κ1) is 22.6. The second kappa shape index (κ2) is 9.40. The number of nitrogens with zero attached hydrogens (tertiary/aromatic N) is 2. The van der Waals surface area contributed by atoms with E-state index in [0.717, 1.165) is 24.5 Å². The molecule has 0 aromatic heterocycles. The number of aliphatic imine (C=N–C) groups is 1. The highest BCUT2D eigenvalue weighted by Crippen LogP contribution is 2.47. The van der Waals surface area contributed by atoms with Crippen LogP contribution in [0.15, 0.2) is 58.4 Å². The molecular weight excluding hydrogens is 425 g/mol. The lowest BCUT2D eigenvalue weighted by Crippen LogP contribution is -2.44. The monoisotopic (exact) mass is 449 g/mol. The summed E-state index contributed by atoms with van der Waals surface area (Å²) in [5.41, 5.74) is 0.529. The number of guanidine groups is 1. The van der Waals surface area contributed by atoms with Gasteiger partial charge in [0.05, 0.1) is 9.82 Å². The Balaban J connectivity index is 1.48. The number of nitro benzene ring substituents is 1. The average Bonchev–Trinajstić information content (AvgIpc) is 3.54. The standard InChI is InChI=1S/C20H24FN5O4S/c1-22-19(24-14-20(8-9-20)15-4-2-5-16(21)12-15)23-10-11-25-31(29,30)18-7-3-6-17(13-18)26(27)28/h2-7,12-13,25H,8-11,14H2,1H3,(H2,22,23,24). The van der Waals surface area contributed by atoms with Crippen LogP contribution in [0.3, 0.4) is 0 Å². The van der Waals surface area contributed by atoms with Crippen LogP contribution in [0, 0.1) is 15.9 Å². The number of hydrogen-bond donors (Lipinski definition) is 3. The Bertz CT molecular complexity index is 1090. The van der Waals surface area contributed by atoms with Crippen LogP contribution in [0.25, 0.3) is 0 Å². The van der Waals surface area contributed by atoms with Gasteiger partial charge in [-0.1, -0.05) is 18.2 Å². The molecule has 9 nitrogen and oxygen atoms in total. The van der Waals surface area contributed by atoms with Crippen molar-refractivity contribution in [3.05, 3.63) is 70.0 Å². The Kier molecular flexibility index (Phi) is 6.86. The van der Waals surface area contributed by atoms with Crippen molar-refractivity contribution in [1.82, 2.24) is 15.4 Å². The van der Waals surface area contributed by atoms with E-state index in [0.29, 0.717) is 12.5 Å². The largest absolute Gasteiger partial charge is 0.356 e. The molecule has 166 valence electrons. The number of sulfonamides is 1. The van der Waals surface area contributed by atoms with E-state index in [1.165, 1.54) is 24.3 Å². The van der Waals surface area contributed by atoms with Crippen LogP contribution < -0.4 is 15.4 Å². The first-order valence-corrected chi connectivity index (χ1v) is 11.2. The van der Waals surface area contributed by atoms with Crippen molar-refractivity contribution in [1.29, 1.82) is 0 Å². The van der Waals surface area contributed by atoms with E-state index in [-0.39, 0.29) is 34.9 Å². The van der Waals surface area contributed by atoms with Crippen molar-refractivity contribution in [2.24, 2.45) is 4.99 Å². The zero-order valence-electron chi connectivity index (χ0n) is 17.0. The second-order valence-electron chi connectivity index (χ2n) is 7.30. The lowest BCUT2D eigenvalue weighted by atomic mass is 9.96. The van der Waals surface area contributed by atoms with Gasteiger partial charge in [0.15, 0.2) is 5.96 Å². The molecule has 1 saturated carbocycles. The zero-order chi connectivity index (χ0) is 22.5. The molecule has 0 unspecified atom stereocenters. The maximum absolute atomic E-state index is 13.5. The predicted octanol–water partition coefficient (Wildman–Crippen LogP) is 1.91. The van der Waals surface area contributed by atoms with E-state index in [4.69, 9.17) is 0 Å². The summed E-state index contributed by atoms with van der Waals surface area (Å²) in [4.78, 5) is 14.1. The number of hydrogen-bond acceptors (Lipinski definition) is 5. The van der Waals surface area contributed by atoms with Gasteiger partial charge in [-0.3, -0.25) is 15.1 Å². The molecule has 0 heterocycles. The minimum atomic E-state index is -3.88. The molecule has 0 radical (unpaired) electrons. The molecule has 1 fully saturated rings. The van der Waals surface area contributed by atoms with Gasteiger partial charge in [-0.15, -0.1) is 0 Å². The van der Waals surface area contributed by atoms with E-state index in [1.54, 1.807) is 19.2 Å². The minimum absolute atomic E-state index is 0.0563. The number of nitro groups is 1. The summed E-state index contributed by atoms with van der Waals surface area (Å²) >= 11 is 0. The van der Waals surface area contributed by atoms with E-state index in [1.807, 2.05) is 6.07 Å². The fourth-order valence-electron chi connectivity index (χ4n) is 3.22. The third kappa shape index (κ3) is 5.76. The highest BCUT2D eigenvalue weighted by molar-refractivity contribution is 7.89. The lowest BCUT2D eigenvalue weighted by Gasteiger charge is -2.19. The summed E-state index contributed by atoms with van der Waals surface area (Å²) in [5, 5.41) is 17.1. The van der Waals surface area contributed by atoms with Crippen LogP contribution in [0.5, 0.6) is 0 Å². The average molecular weight is 450 g/mol. The van der Waals surface area contributed by atoms with Gasteiger partial charge in [-0.05, 0) is 36.6 Å². The van der Waals surface area contributed by atoms with Gasteiger partial charge in [-0.25, -0.2) is 17.5 Å². The summed E-state index contributed by atoms with van der Waals surface area (Å²) in [7, 11) is -2.28. The van der Waals surface area contributed by atoms with Gasteiger partial charge in [0.1, 0.15) is 5.82 Å². The molecule has 1 aliphatic carbocycles. The van der Waals surface area contributed by atoms with Gasteiger partial charge >= 0.3 is 0 Å². The van der Waals surface area contributed by atoms with Crippen molar-refractivity contribution in [2.75, 3.05) is 26.7 Å². The molecular formula is C20H24FN5O4S. The maximum Gasteiger partial charge on any atom is 0.270 e. The number of non-ortho nitro benzene ring substituents is 1. The summed E-state index contributed by atoms with van der Waals surface area (Å²) in [6.45, 7) is 0.886. The normalized spacial score (nSPS) is 15.4. The zero-order valence-corrected chi connectivity index (χ0v) is 17.8. The number of rotatable bonds is 9. The van der Waals surface area contributed by atoms with Gasteiger partial charge in [0, 0.05) is 44.2 Å². The molecule has 0 atom stereocenters. The van der Waals surface area contributed by atoms with Crippen molar-refractivity contribution >= 4 is 21.7 Å². The Morgan fingerprint density at radius 2 is 1.90 bits per heavy atom. The molecule has 1 aliphatic rings. The number of nitrogens with one attached hydrogen (secondary N) is 3. The van der Waals surface area contributed by atoms with Crippen LogP contribution in [-0.2, 0) is 15.4 Å². The highest BCUT2D eigenvalue weighted by Gasteiger charge is 2.44. The van der Waals surface area contributed by atoms with E-state index in [9.17, 15) is 22.9 Å². The molecule has 31 heavy (non-hydrogen) atoms. The summed E-state index contributed by atoms with van der Waals surface area (Å²) in [5.74, 6) is 0.236. The Morgan fingerprint density at radius 1 is 1.16 bits per heavy atom. The van der Waals surface area contributed by atoms with Gasteiger partial charge in [0.2, 0.25) is 10.0 Å². The first-order chi connectivity index (χ1) is 14.8. The van der Waals surface area contributed by atoms with Crippen molar-refractivity contribution in [3.8, 4) is 0 Å². The van der Waals surface area contributed by atoms with Crippen molar-refractivity contribution in [2.45, 2.75) is 23.2 Å². The van der Waals surface area contributed by atoms with E-state index < -0.39 is 14.9 Å². The highest BCUT2D eigenvalue weighted by atomic mass is 32.2. The number of benzene rings is 2. The van der Waals surface area contributed by atoms with Gasteiger partial charge in [0.25, 0.3) is 5.69 Å². The molecule has 11 heteroatoms. The van der Waals surface area contributed by atoms with Crippen molar-refractivity contribution < 1.29 is 17.7 Å². The molecule has 0 amide bonds. The smallest absolute Gasteiger partial charge is 0.270 e. The van der Waals surface area contributed by atoms with E-state index in [2.05, 4.69) is 20.3 Å². The molecule has 0 spiro atoms. The van der Waals surface area contributed by atoms with Gasteiger partial charge in [-0.2, -0.15) is 0 Å².